The number of aryl methyl sites for hydroxylation is 1. The summed E-state index contributed by atoms with van der Waals surface area (Å²) in [5, 5.41) is 1.15. The standard InChI is InChI=1S/C21H18NS.ClH.Hg/c1-17-11-13-18(14-12-17)15-22-20-9-5-6-10-21(20)23-16-19-7-3-2-4-8-19;;/h2-5,7-15H,16H2,1H3;1H;/q;;+1/p-1. The van der Waals surface area contributed by atoms with Gasteiger partial charge in [-0.1, -0.05) is 60.2 Å². The summed E-state index contributed by atoms with van der Waals surface area (Å²) in [7, 11) is 0. The summed E-state index contributed by atoms with van der Waals surface area (Å²) in [6.07, 6.45) is 7.85. The summed E-state index contributed by atoms with van der Waals surface area (Å²) in [5.41, 5.74) is 7.83. The van der Waals surface area contributed by atoms with Crippen LogP contribution in [0.3, 0.4) is 0 Å². The van der Waals surface area contributed by atoms with Crippen LogP contribution in [0.25, 0.3) is 0 Å². The first-order chi connectivity index (χ1) is 11.3. The van der Waals surface area contributed by atoms with Crippen LogP contribution in [0, 0.1) is 12.2 Å². The van der Waals surface area contributed by atoms with Gasteiger partial charge in [0.05, 0.1) is 5.70 Å². The molecule has 0 saturated heterocycles. The molecule has 2 aromatic rings. The van der Waals surface area contributed by atoms with Crippen LogP contribution in [-0.2, 0) is 33.4 Å². The number of aliphatic imine (C=N–C) groups is 1. The largest absolute Gasteiger partial charge is 1.00 e. The molecule has 0 aliphatic heterocycles. The van der Waals surface area contributed by atoms with Gasteiger partial charge in [0.2, 0.25) is 0 Å². The predicted molar refractivity (Wildman–Crippen MR) is 100 cm³/mol. The Morgan fingerprint density at radius 1 is 1.04 bits per heavy atom. The van der Waals surface area contributed by atoms with E-state index in [1.807, 2.05) is 30.5 Å². The number of hydrogen-bond donors (Lipinski definition) is 0. The summed E-state index contributed by atoms with van der Waals surface area (Å²) in [6.45, 7) is 2.09. The van der Waals surface area contributed by atoms with Crippen LogP contribution in [0.4, 0.5) is 0 Å². The first-order valence-corrected chi connectivity index (χ1v) is 8.57. The minimum atomic E-state index is 0. The third-order valence-corrected chi connectivity index (χ3v) is 4.59. The van der Waals surface area contributed by atoms with Gasteiger partial charge in [-0.25, -0.2) is 0 Å². The molecule has 0 N–H and O–H groups in total. The van der Waals surface area contributed by atoms with Crippen LogP contribution in [0.15, 0.2) is 89.2 Å². The van der Waals surface area contributed by atoms with Gasteiger partial charge in [-0.2, -0.15) is 0 Å². The van der Waals surface area contributed by atoms with E-state index in [2.05, 4.69) is 66.2 Å². The van der Waals surface area contributed by atoms with Crippen molar-refractivity contribution in [1.82, 2.24) is 0 Å². The smallest absolute Gasteiger partial charge is 1.00 e. The molecule has 0 bridgehead atoms. The molecule has 0 unspecified atom stereocenters. The van der Waals surface area contributed by atoms with E-state index in [0.717, 1.165) is 22.3 Å². The van der Waals surface area contributed by atoms with Crippen LogP contribution in [0.2, 0.25) is 0 Å². The van der Waals surface area contributed by atoms with E-state index in [-0.39, 0.29) is 40.1 Å². The molecule has 0 saturated carbocycles. The maximum atomic E-state index is 4.65. The minimum absolute atomic E-state index is 0. The fourth-order valence-corrected chi connectivity index (χ4v) is 3.10. The number of hydrogen-bond acceptors (Lipinski definition) is 2. The Morgan fingerprint density at radius 2 is 1.76 bits per heavy atom. The van der Waals surface area contributed by atoms with Crippen molar-refractivity contribution in [1.29, 1.82) is 0 Å². The second-order valence-corrected chi connectivity index (χ2v) is 6.35. The molecule has 1 aliphatic rings. The number of halogens is 1. The minimum Gasteiger partial charge on any atom is -1.00 e. The van der Waals surface area contributed by atoms with Gasteiger partial charge >= 0.3 is 27.7 Å². The normalized spacial score (nSPS) is 13.2. The molecule has 0 fully saturated rings. The van der Waals surface area contributed by atoms with Crippen molar-refractivity contribution in [3.63, 3.8) is 0 Å². The molecular weight excluding hydrogens is 534 g/mol. The van der Waals surface area contributed by atoms with Crippen LogP contribution < -0.4 is 12.4 Å². The molecule has 0 spiro atoms. The average Bonchev–Trinajstić information content (AvgIpc) is 2.61. The Bertz CT molecular complexity index is 775. The first-order valence-electron chi connectivity index (χ1n) is 7.59. The van der Waals surface area contributed by atoms with Gasteiger partial charge in [0.15, 0.2) is 0 Å². The molecule has 0 heterocycles. The monoisotopic (exact) mass is 553 g/mol. The summed E-state index contributed by atoms with van der Waals surface area (Å²) >= 11 is 1.79. The van der Waals surface area contributed by atoms with E-state index in [1.54, 1.807) is 11.8 Å². The molecular formula is C21H18ClHgNS. The zero-order chi connectivity index (χ0) is 15.9. The van der Waals surface area contributed by atoms with Crippen LogP contribution in [0.1, 0.15) is 16.7 Å². The van der Waals surface area contributed by atoms with E-state index in [0.29, 0.717) is 0 Å². The molecule has 1 nitrogen and oxygen atoms in total. The van der Waals surface area contributed by atoms with Gasteiger partial charge in [0.25, 0.3) is 0 Å². The Kier molecular flexibility index (Phi) is 10.1. The zero-order valence-electron chi connectivity index (χ0n) is 14.2. The van der Waals surface area contributed by atoms with Gasteiger partial charge in [-0.05, 0) is 36.3 Å². The van der Waals surface area contributed by atoms with Gasteiger partial charge in [0.1, 0.15) is 5.25 Å². The average molecular weight is 552 g/mol. The summed E-state index contributed by atoms with van der Waals surface area (Å²) in [4.78, 5) is 4.65. The predicted octanol–water partition coefficient (Wildman–Crippen LogP) is 2.49. The molecule has 122 valence electrons. The van der Waals surface area contributed by atoms with Gasteiger partial charge < -0.3 is 12.4 Å². The van der Waals surface area contributed by atoms with Crippen molar-refractivity contribution in [2.75, 3.05) is 0 Å². The quantitative estimate of drug-likeness (QED) is 0.316. The first kappa shape index (κ1) is 22.0. The SMILES string of the molecule is Cc1ccc(C=NC2=CC=C=C[C]2SCc2ccccc2)cc1.[Cl-].[Hg+]. The third kappa shape index (κ3) is 6.99. The van der Waals surface area contributed by atoms with E-state index < -0.39 is 0 Å². The second kappa shape index (κ2) is 11.5. The van der Waals surface area contributed by atoms with Crippen LogP contribution >= 0.6 is 11.8 Å². The number of rotatable bonds is 5. The molecule has 1 aliphatic carbocycles. The zero-order valence-corrected chi connectivity index (χ0v) is 21.2. The molecule has 4 heteroatoms. The Morgan fingerprint density at radius 3 is 2.48 bits per heavy atom. The number of thioether (sulfide) groups is 1. The van der Waals surface area contributed by atoms with Crippen molar-refractivity contribution >= 4 is 18.0 Å². The molecule has 25 heavy (non-hydrogen) atoms. The molecule has 2 radical (unpaired) electrons. The number of benzene rings is 2. The van der Waals surface area contributed by atoms with E-state index in [4.69, 9.17) is 0 Å². The topological polar surface area (TPSA) is 12.4 Å². The summed E-state index contributed by atoms with van der Waals surface area (Å²) < 4.78 is 0. The maximum Gasteiger partial charge on any atom is 1.00 e. The Hall–Kier alpha value is -1.05. The van der Waals surface area contributed by atoms with E-state index in [9.17, 15) is 0 Å². The number of nitrogens with zero attached hydrogens (tertiary/aromatic N) is 1. The van der Waals surface area contributed by atoms with Crippen molar-refractivity contribution in [2.45, 2.75) is 12.7 Å². The number of allylic oxidation sites excluding steroid dienone is 1. The van der Waals surface area contributed by atoms with Crippen molar-refractivity contribution < 1.29 is 40.1 Å². The van der Waals surface area contributed by atoms with Crippen LogP contribution in [-0.4, -0.2) is 6.21 Å². The Labute approximate surface area is 181 Å². The fourth-order valence-electron chi connectivity index (χ4n) is 2.16. The molecule has 2 aromatic carbocycles. The van der Waals surface area contributed by atoms with Crippen LogP contribution in [0.5, 0.6) is 0 Å². The molecule has 0 aromatic heterocycles. The van der Waals surface area contributed by atoms with E-state index >= 15 is 0 Å². The van der Waals surface area contributed by atoms with Gasteiger partial charge in [-0.3, -0.25) is 4.99 Å². The van der Waals surface area contributed by atoms with Crippen molar-refractivity contribution in [2.24, 2.45) is 4.99 Å². The summed E-state index contributed by atoms with van der Waals surface area (Å²) in [6, 6.07) is 18.9. The van der Waals surface area contributed by atoms with Crippen molar-refractivity contribution in [3.05, 3.63) is 106 Å². The Balaban J connectivity index is 0.00000156. The fraction of sp³-hybridized carbons (Fsp3) is 0.0952. The molecule has 3 rings (SSSR count). The summed E-state index contributed by atoms with van der Waals surface area (Å²) in [5.74, 6) is 0.936. The van der Waals surface area contributed by atoms with E-state index in [1.165, 1.54) is 11.1 Å². The maximum absolute atomic E-state index is 4.65. The van der Waals surface area contributed by atoms with Gasteiger partial charge in [0, 0.05) is 12.0 Å². The molecule has 0 amide bonds. The van der Waals surface area contributed by atoms with Crippen molar-refractivity contribution in [3.8, 4) is 0 Å². The van der Waals surface area contributed by atoms with Gasteiger partial charge in [-0.15, -0.1) is 17.5 Å². The third-order valence-electron chi connectivity index (χ3n) is 3.47. The second-order valence-electron chi connectivity index (χ2n) is 5.34. The molecule has 0 atom stereocenters.